The summed E-state index contributed by atoms with van der Waals surface area (Å²) < 4.78 is 0. The van der Waals surface area contributed by atoms with E-state index in [0.717, 1.165) is 6.42 Å². The molecule has 3 heteroatoms. The number of aliphatic carboxylic acids is 1. The third-order valence-electron chi connectivity index (χ3n) is 2.77. The van der Waals surface area contributed by atoms with E-state index in [1.54, 1.807) is 0 Å². The molecule has 2 atom stereocenters. The molecule has 0 amide bonds. The summed E-state index contributed by atoms with van der Waals surface area (Å²) in [6.45, 7) is 2.38. The van der Waals surface area contributed by atoms with Crippen LogP contribution in [0.25, 0.3) is 0 Å². The van der Waals surface area contributed by atoms with Crippen molar-refractivity contribution in [2.24, 2.45) is 5.92 Å². The fourth-order valence-corrected chi connectivity index (χ4v) is 2.11. The van der Waals surface area contributed by atoms with Crippen molar-refractivity contribution in [2.45, 2.75) is 32.2 Å². The lowest BCUT2D eigenvalue weighted by Gasteiger charge is -2.25. The molecule has 1 aliphatic rings. The normalized spacial score (nSPS) is 29.6. The molecule has 0 aromatic heterocycles. The summed E-state index contributed by atoms with van der Waals surface area (Å²) in [6, 6.07) is 0.487. The predicted molar refractivity (Wildman–Crippen MR) is 47.1 cm³/mol. The van der Waals surface area contributed by atoms with Crippen LogP contribution in [0.1, 0.15) is 26.2 Å². The largest absolute Gasteiger partial charge is 0.480 e. The number of hydrogen-bond donors (Lipinski definition) is 1. The number of nitrogens with zero attached hydrogens (tertiary/aromatic N) is 1. The van der Waals surface area contributed by atoms with Gasteiger partial charge in [-0.2, -0.15) is 0 Å². The van der Waals surface area contributed by atoms with Crippen molar-refractivity contribution in [3.63, 3.8) is 0 Å². The van der Waals surface area contributed by atoms with Crippen molar-refractivity contribution in [3.05, 3.63) is 0 Å². The molecule has 1 N–H and O–H groups in total. The smallest absolute Gasteiger partial charge is 0.317 e. The first-order chi connectivity index (χ1) is 5.61. The van der Waals surface area contributed by atoms with Crippen molar-refractivity contribution in [1.82, 2.24) is 4.90 Å². The third-order valence-corrected chi connectivity index (χ3v) is 2.77. The van der Waals surface area contributed by atoms with Crippen LogP contribution in [-0.2, 0) is 4.79 Å². The van der Waals surface area contributed by atoms with E-state index >= 15 is 0 Å². The highest BCUT2D eigenvalue weighted by Crippen LogP contribution is 2.28. The van der Waals surface area contributed by atoms with E-state index in [4.69, 9.17) is 5.11 Å². The highest BCUT2D eigenvalue weighted by atomic mass is 16.4. The lowest BCUT2D eigenvalue weighted by atomic mass is 10.1. The van der Waals surface area contributed by atoms with Gasteiger partial charge in [-0.1, -0.05) is 13.3 Å². The highest BCUT2D eigenvalue weighted by Gasteiger charge is 2.27. The second-order valence-electron chi connectivity index (χ2n) is 3.78. The molecule has 12 heavy (non-hydrogen) atoms. The van der Waals surface area contributed by atoms with Gasteiger partial charge in [0.25, 0.3) is 0 Å². The summed E-state index contributed by atoms with van der Waals surface area (Å²) in [7, 11) is 1.90. The Balaban J connectivity index is 2.40. The Morgan fingerprint density at radius 1 is 1.58 bits per heavy atom. The highest BCUT2D eigenvalue weighted by molar-refractivity contribution is 5.69. The topological polar surface area (TPSA) is 40.5 Å². The Hall–Kier alpha value is -0.570. The van der Waals surface area contributed by atoms with E-state index < -0.39 is 5.97 Å². The molecule has 0 saturated heterocycles. The molecule has 0 aromatic rings. The van der Waals surface area contributed by atoms with E-state index in [0.29, 0.717) is 12.0 Å². The van der Waals surface area contributed by atoms with E-state index in [9.17, 15) is 4.79 Å². The fourth-order valence-electron chi connectivity index (χ4n) is 2.11. The molecule has 3 nitrogen and oxygen atoms in total. The van der Waals surface area contributed by atoms with Crippen molar-refractivity contribution in [3.8, 4) is 0 Å². The Labute approximate surface area is 73.4 Å². The molecule has 0 spiro atoms. The minimum atomic E-state index is -0.725. The van der Waals surface area contributed by atoms with Crippen molar-refractivity contribution < 1.29 is 9.90 Å². The van der Waals surface area contributed by atoms with Gasteiger partial charge in [0, 0.05) is 6.04 Å². The summed E-state index contributed by atoms with van der Waals surface area (Å²) in [4.78, 5) is 12.4. The van der Waals surface area contributed by atoms with Crippen LogP contribution in [0.15, 0.2) is 0 Å². The van der Waals surface area contributed by atoms with Gasteiger partial charge in [0.2, 0.25) is 0 Å². The molecule has 1 fully saturated rings. The van der Waals surface area contributed by atoms with Crippen LogP contribution in [0.3, 0.4) is 0 Å². The molecular formula is C9H17NO2. The van der Waals surface area contributed by atoms with Crippen molar-refractivity contribution in [2.75, 3.05) is 13.6 Å². The van der Waals surface area contributed by atoms with Crippen molar-refractivity contribution in [1.29, 1.82) is 0 Å². The van der Waals surface area contributed by atoms with E-state index in [1.165, 1.54) is 12.8 Å². The molecule has 0 radical (unpaired) electrons. The molecular weight excluding hydrogens is 154 g/mol. The minimum Gasteiger partial charge on any atom is -0.480 e. The minimum absolute atomic E-state index is 0.176. The Morgan fingerprint density at radius 2 is 2.25 bits per heavy atom. The molecule has 1 saturated carbocycles. The standard InChI is InChI=1S/C9H17NO2/c1-7-4-3-5-8(7)10(2)6-9(11)12/h7-8H,3-6H2,1-2H3,(H,11,12)/t7-,8-/m1/s1. The maximum atomic E-state index is 10.4. The molecule has 0 aromatic carbocycles. The molecule has 0 unspecified atom stereocenters. The molecule has 1 aliphatic carbocycles. The van der Waals surface area contributed by atoms with Crippen molar-refractivity contribution >= 4 is 5.97 Å². The second kappa shape index (κ2) is 3.90. The van der Waals surface area contributed by atoms with Gasteiger partial charge in [0.15, 0.2) is 0 Å². The monoisotopic (exact) mass is 171 g/mol. The number of hydrogen-bond acceptors (Lipinski definition) is 2. The third kappa shape index (κ3) is 2.21. The van der Waals surface area contributed by atoms with Crippen LogP contribution in [0, 0.1) is 5.92 Å². The number of carbonyl (C=O) groups is 1. The molecule has 1 rings (SSSR count). The van der Waals surface area contributed by atoms with Crippen LogP contribution in [0.2, 0.25) is 0 Å². The van der Waals surface area contributed by atoms with Gasteiger partial charge < -0.3 is 5.11 Å². The van der Waals surface area contributed by atoms with Gasteiger partial charge >= 0.3 is 5.97 Å². The first-order valence-electron chi connectivity index (χ1n) is 4.53. The summed E-state index contributed by atoms with van der Waals surface area (Å²) in [5.74, 6) is -0.0639. The van der Waals surface area contributed by atoms with Gasteiger partial charge in [-0.3, -0.25) is 9.69 Å². The summed E-state index contributed by atoms with van der Waals surface area (Å²) in [5.41, 5.74) is 0. The maximum Gasteiger partial charge on any atom is 0.317 e. The maximum absolute atomic E-state index is 10.4. The number of likely N-dealkylation sites (N-methyl/N-ethyl adjacent to an activating group) is 1. The predicted octanol–water partition coefficient (Wildman–Crippen LogP) is 1.19. The average Bonchev–Trinajstić information content (AvgIpc) is 2.33. The SMILES string of the molecule is C[C@@H]1CCC[C@H]1N(C)CC(=O)O. The Bertz CT molecular complexity index is 170. The summed E-state index contributed by atoms with van der Waals surface area (Å²) in [5, 5.41) is 8.59. The summed E-state index contributed by atoms with van der Waals surface area (Å²) in [6.07, 6.45) is 3.65. The van der Waals surface area contributed by atoms with E-state index in [1.807, 2.05) is 11.9 Å². The zero-order valence-electron chi connectivity index (χ0n) is 7.79. The Morgan fingerprint density at radius 3 is 2.67 bits per heavy atom. The van der Waals surface area contributed by atoms with Gasteiger partial charge in [0.1, 0.15) is 0 Å². The van der Waals surface area contributed by atoms with Gasteiger partial charge in [-0.15, -0.1) is 0 Å². The number of carboxylic acid groups (broad SMARTS) is 1. The zero-order chi connectivity index (χ0) is 9.14. The van der Waals surface area contributed by atoms with Gasteiger partial charge in [-0.05, 0) is 25.8 Å². The zero-order valence-corrected chi connectivity index (χ0v) is 7.79. The van der Waals surface area contributed by atoms with Crippen LogP contribution in [0.5, 0.6) is 0 Å². The first kappa shape index (κ1) is 9.52. The van der Waals surface area contributed by atoms with Crippen LogP contribution >= 0.6 is 0 Å². The van der Waals surface area contributed by atoms with Crippen LogP contribution in [-0.4, -0.2) is 35.6 Å². The number of carboxylic acids is 1. The molecule has 0 bridgehead atoms. The number of rotatable bonds is 3. The lowest BCUT2D eigenvalue weighted by Crippen LogP contribution is -2.37. The fraction of sp³-hybridized carbons (Fsp3) is 0.889. The molecule has 0 aliphatic heterocycles. The summed E-state index contributed by atoms with van der Waals surface area (Å²) >= 11 is 0. The average molecular weight is 171 g/mol. The lowest BCUT2D eigenvalue weighted by molar-refractivity contribution is -0.138. The van der Waals surface area contributed by atoms with E-state index in [2.05, 4.69) is 6.92 Å². The van der Waals surface area contributed by atoms with Gasteiger partial charge in [-0.25, -0.2) is 0 Å². The van der Waals surface area contributed by atoms with E-state index in [-0.39, 0.29) is 6.54 Å². The molecule has 70 valence electrons. The second-order valence-corrected chi connectivity index (χ2v) is 3.78. The van der Waals surface area contributed by atoms with Crippen LogP contribution in [0.4, 0.5) is 0 Å². The quantitative estimate of drug-likeness (QED) is 0.693. The Kier molecular flexibility index (Phi) is 3.09. The molecule has 0 heterocycles. The van der Waals surface area contributed by atoms with Crippen LogP contribution < -0.4 is 0 Å². The van der Waals surface area contributed by atoms with Gasteiger partial charge in [0.05, 0.1) is 6.54 Å². The first-order valence-corrected chi connectivity index (χ1v) is 4.53.